The molecule has 0 atom stereocenters. The number of nitrogens with zero attached hydrogens (tertiary/aromatic N) is 3. The average Bonchev–Trinajstić information content (AvgIpc) is 2.82. The number of nitrogens with one attached hydrogen (secondary N) is 1. The normalized spacial score (nSPS) is 10.8. The van der Waals surface area contributed by atoms with Crippen LogP contribution >= 0.6 is 0 Å². The summed E-state index contributed by atoms with van der Waals surface area (Å²) < 4.78 is 0. The van der Waals surface area contributed by atoms with Crippen molar-refractivity contribution in [1.29, 1.82) is 0 Å². The van der Waals surface area contributed by atoms with Crippen molar-refractivity contribution in [2.75, 3.05) is 0 Å². The number of pyridine rings is 2. The smallest absolute Gasteiger partial charge is 0.338 e. The van der Waals surface area contributed by atoms with E-state index < -0.39 is 5.97 Å². The number of carboxylic acid groups (broad SMARTS) is 1. The van der Waals surface area contributed by atoms with Gasteiger partial charge in [-0.2, -0.15) is 0 Å². The summed E-state index contributed by atoms with van der Waals surface area (Å²) in [7, 11) is 0. The Balaban J connectivity index is 2.26. The summed E-state index contributed by atoms with van der Waals surface area (Å²) in [5, 5.41) is 9.13. The van der Waals surface area contributed by atoms with Crippen molar-refractivity contribution in [1.82, 2.24) is 19.9 Å². The van der Waals surface area contributed by atoms with Gasteiger partial charge in [-0.15, -0.1) is 0 Å². The number of fused-ring (bicyclic) bond motifs is 1. The van der Waals surface area contributed by atoms with E-state index in [1.807, 2.05) is 13.0 Å². The van der Waals surface area contributed by atoms with Crippen LogP contribution in [-0.4, -0.2) is 31.0 Å². The Morgan fingerprint density at radius 2 is 2.11 bits per heavy atom. The van der Waals surface area contributed by atoms with Gasteiger partial charge in [0.1, 0.15) is 5.82 Å². The number of rotatable bonds is 2. The molecule has 0 bridgehead atoms. The molecule has 0 aliphatic rings. The molecular weight excluding hydrogens is 244 g/mol. The van der Waals surface area contributed by atoms with Crippen molar-refractivity contribution in [2.24, 2.45) is 0 Å². The van der Waals surface area contributed by atoms with Crippen molar-refractivity contribution in [2.45, 2.75) is 6.92 Å². The molecule has 6 nitrogen and oxygen atoms in total. The zero-order valence-electron chi connectivity index (χ0n) is 10.1. The van der Waals surface area contributed by atoms with E-state index in [1.165, 1.54) is 12.3 Å². The largest absolute Gasteiger partial charge is 0.478 e. The molecule has 94 valence electrons. The van der Waals surface area contributed by atoms with Gasteiger partial charge >= 0.3 is 5.97 Å². The van der Waals surface area contributed by atoms with Gasteiger partial charge in [0.05, 0.1) is 11.1 Å². The maximum Gasteiger partial charge on any atom is 0.338 e. The molecule has 0 aromatic carbocycles. The van der Waals surface area contributed by atoms with E-state index in [0.29, 0.717) is 17.0 Å². The third-order valence-electron chi connectivity index (χ3n) is 2.88. The maximum absolute atomic E-state index is 11.1. The maximum atomic E-state index is 11.1. The monoisotopic (exact) mass is 254 g/mol. The molecule has 0 spiro atoms. The van der Waals surface area contributed by atoms with E-state index >= 15 is 0 Å². The van der Waals surface area contributed by atoms with Gasteiger partial charge in [-0.25, -0.2) is 14.8 Å². The molecule has 3 aromatic rings. The fraction of sp³-hybridized carbons (Fsp3) is 0.0769. The van der Waals surface area contributed by atoms with Gasteiger partial charge < -0.3 is 10.1 Å². The summed E-state index contributed by atoms with van der Waals surface area (Å²) in [4.78, 5) is 26.7. The number of hydrogen-bond acceptors (Lipinski definition) is 4. The molecule has 0 fully saturated rings. The van der Waals surface area contributed by atoms with Gasteiger partial charge in [0.25, 0.3) is 0 Å². The van der Waals surface area contributed by atoms with Crippen molar-refractivity contribution in [3.05, 3.63) is 41.9 Å². The predicted molar refractivity (Wildman–Crippen MR) is 68.8 cm³/mol. The van der Waals surface area contributed by atoms with Gasteiger partial charge in [0.15, 0.2) is 5.65 Å². The van der Waals surface area contributed by atoms with Crippen LogP contribution in [0.25, 0.3) is 22.6 Å². The number of hydrogen-bond donors (Lipinski definition) is 2. The Kier molecular flexibility index (Phi) is 2.49. The van der Waals surface area contributed by atoms with Gasteiger partial charge in [-0.1, -0.05) is 0 Å². The minimum atomic E-state index is -1.01. The number of aromatic amines is 1. The molecule has 0 aliphatic carbocycles. The van der Waals surface area contributed by atoms with Crippen LogP contribution in [-0.2, 0) is 0 Å². The van der Waals surface area contributed by atoms with Crippen molar-refractivity contribution in [3.8, 4) is 11.4 Å². The van der Waals surface area contributed by atoms with Crippen LogP contribution in [0.1, 0.15) is 16.1 Å². The van der Waals surface area contributed by atoms with Crippen molar-refractivity contribution < 1.29 is 9.90 Å². The topological polar surface area (TPSA) is 91.8 Å². The second-order valence-electron chi connectivity index (χ2n) is 4.08. The lowest BCUT2D eigenvalue weighted by molar-refractivity contribution is 0.0699. The lowest BCUT2D eigenvalue weighted by Gasteiger charge is -1.99. The highest BCUT2D eigenvalue weighted by Gasteiger charge is 2.14. The first-order chi connectivity index (χ1) is 9.16. The highest BCUT2D eigenvalue weighted by Crippen LogP contribution is 2.22. The van der Waals surface area contributed by atoms with Crippen LogP contribution in [0.5, 0.6) is 0 Å². The highest BCUT2D eigenvalue weighted by atomic mass is 16.4. The fourth-order valence-electron chi connectivity index (χ4n) is 1.95. The molecule has 6 heteroatoms. The number of aromatic nitrogens is 4. The van der Waals surface area contributed by atoms with Crippen molar-refractivity contribution in [3.63, 3.8) is 0 Å². The minimum absolute atomic E-state index is 0.158. The first-order valence-electron chi connectivity index (χ1n) is 5.67. The number of H-pyrrole nitrogens is 1. The van der Waals surface area contributed by atoms with Gasteiger partial charge in [0, 0.05) is 23.7 Å². The summed E-state index contributed by atoms with van der Waals surface area (Å²) in [6.45, 7) is 1.87. The Morgan fingerprint density at radius 3 is 2.84 bits per heavy atom. The molecule has 0 amide bonds. The quantitative estimate of drug-likeness (QED) is 0.730. The number of imidazole rings is 1. The molecule has 0 radical (unpaired) electrons. The Morgan fingerprint density at radius 1 is 1.26 bits per heavy atom. The van der Waals surface area contributed by atoms with E-state index in [2.05, 4.69) is 19.9 Å². The van der Waals surface area contributed by atoms with Gasteiger partial charge in [0.2, 0.25) is 0 Å². The first-order valence-corrected chi connectivity index (χ1v) is 5.67. The number of carbonyl (C=O) groups is 1. The summed E-state index contributed by atoms with van der Waals surface area (Å²) in [5.74, 6) is -0.438. The molecule has 0 unspecified atom stereocenters. The zero-order valence-corrected chi connectivity index (χ0v) is 10.1. The van der Waals surface area contributed by atoms with Crippen molar-refractivity contribution >= 4 is 17.1 Å². The SMILES string of the molecule is Cc1ncccc1-c1nc2nccc(C(=O)O)c2[nH]1. The molecule has 3 rings (SSSR count). The molecule has 2 N–H and O–H groups in total. The van der Waals surface area contributed by atoms with Crippen LogP contribution in [0, 0.1) is 6.92 Å². The minimum Gasteiger partial charge on any atom is -0.478 e. The van der Waals surface area contributed by atoms with Crippen LogP contribution in [0.15, 0.2) is 30.6 Å². The van der Waals surface area contributed by atoms with E-state index in [9.17, 15) is 4.79 Å². The summed E-state index contributed by atoms with van der Waals surface area (Å²) in [5.41, 5.74) is 2.62. The number of aryl methyl sites for hydroxylation is 1. The lowest BCUT2D eigenvalue weighted by atomic mass is 10.2. The number of carboxylic acids is 1. The second kappa shape index (κ2) is 4.16. The predicted octanol–water partition coefficient (Wildman–Crippen LogP) is 2.03. The second-order valence-corrected chi connectivity index (χ2v) is 4.08. The first kappa shape index (κ1) is 11.3. The number of aromatic carboxylic acids is 1. The Labute approximate surface area is 108 Å². The molecule has 3 heterocycles. The van der Waals surface area contributed by atoms with Gasteiger partial charge in [-0.3, -0.25) is 4.98 Å². The summed E-state index contributed by atoms with van der Waals surface area (Å²) in [6.07, 6.45) is 3.13. The Bertz CT molecular complexity index is 779. The van der Waals surface area contributed by atoms with Crippen LogP contribution in [0.2, 0.25) is 0 Å². The molecule has 3 aromatic heterocycles. The van der Waals surface area contributed by atoms with Crippen LogP contribution in [0.3, 0.4) is 0 Å². The zero-order chi connectivity index (χ0) is 13.4. The molecule has 0 saturated heterocycles. The Hall–Kier alpha value is -2.76. The average molecular weight is 254 g/mol. The van der Waals surface area contributed by atoms with E-state index in [-0.39, 0.29) is 5.56 Å². The molecule has 19 heavy (non-hydrogen) atoms. The van der Waals surface area contributed by atoms with E-state index in [4.69, 9.17) is 5.11 Å². The molecule has 0 aliphatic heterocycles. The summed E-state index contributed by atoms with van der Waals surface area (Å²) in [6, 6.07) is 5.13. The lowest BCUT2D eigenvalue weighted by Crippen LogP contribution is -1.97. The van der Waals surface area contributed by atoms with Crippen LogP contribution < -0.4 is 0 Å². The third-order valence-corrected chi connectivity index (χ3v) is 2.88. The van der Waals surface area contributed by atoms with Crippen LogP contribution in [0.4, 0.5) is 0 Å². The highest BCUT2D eigenvalue weighted by molar-refractivity contribution is 6.00. The standard InChI is InChI=1S/C13H10N4O2/c1-7-8(3-2-5-14-7)11-16-10-9(13(18)19)4-6-15-12(10)17-11/h2-6H,1H3,(H,18,19)(H,15,16,17). The summed E-state index contributed by atoms with van der Waals surface area (Å²) >= 11 is 0. The van der Waals surface area contributed by atoms with Gasteiger partial charge in [-0.05, 0) is 25.1 Å². The van der Waals surface area contributed by atoms with E-state index in [1.54, 1.807) is 12.3 Å². The third kappa shape index (κ3) is 1.83. The molecule has 0 saturated carbocycles. The fourth-order valence-corrected chi connectivity index (χ4v) is 1.95. The van der Waals surface area contributed by atoms with E-state index in [0.717, 1.165) is 11.3 Å². The molecular formula is C13H10N4O2.